The minimum absolute atomic E-state index is 0.0710. The minimum atomic E-state index is -4.07. The average Bonchev–Trinajstić information content (AvgIpc) is 2.93. The van der Waals surface area contributed by atoms with Gasteiger partial charge < -0.3 is 4.74 Å². The molecule has 200 valence electrons. The molecule has 0 fully saturated rings. The van der Waals surface area contributed by atoms with E-state index < -0.39 is 20.0 Å². The lowest BCUT2D eigenvalue weighted by Crippen LogP contribution is -2.37. The van der Waals surface area contributed by atoms with Crippen LogP contribution in [0.4, 0.5) is 11.4 Å². The average molecular weight is 561 g/mol. The van der Waals surface area contributed by atoms with Crippen molar-refractivity contribution in [1.29, 1.82) is 0 Å². The smallest absolute Gasteiger partial charge is 0.268 e. The van der Waals surface area contributed by atoms with Crippen LogP contribution in [-0.2, 0) is 20.0 Å². The molecule has 0 atom stereocenters. The third-order valence-electron chi connectivity index (χ3n) is 6.58. The van der Waals surface area contributed by atoms with Gasteiger partial charge in [-0.15, -0.1) is 0 Å². The quantitative estimate of drug-likeness (QED) is 0.287. The number of aryl methyl sites for hydroxylation is 2. The van der Waals surface area contributed by atoms with Crippen LogP contribution < -0.4 is 13.3 Å². The first-order valence-corrected chi connectivity index (χ1v) is 15.2. The van der Waals surface area contributed by atoms with Gasteiger partial charge in [-0.1, -0.05) is 53.6 Å². The summed E-state index contributed by atoms with van der Waals surface area (Å²) in [7, 11) is -6.53. The summed E-state index contributed by atoms with van der Waals surface area (Å²) in [6, 6.07) is 27.1. The van der Waals surface area contributed by atoms with E-state index in [2.05, 4.69) is 0 Å². The van der Waals surface area contributed by atoms with Gasteiger partial charge in [0.25, 0.3) is 20.0 Å². The van der Waals surface area contributed by atoms with E-state index in [1.807, 2.05) is 19.9 Å². The molecular formula is C30H28N2O5S2. The van der Waals surface area contributed by atoms with Crippen LogP contribution in [0.25, 0.3) is 5.70 Å². The molecule has 5 rings (SSSR count). The zero-order chi connectivity index (χ0) is 27.8. The van der Waals surface area contributed by atoms with Gasteiger partial charge in [0.05, 0.1) is 40.5 Å². The second-order valence-electron chi connectivity index (χ2n) is 9.24. The molecule has 0 radical (unpaired) electrons. The van der Waals surface area contributed by atoms with Crippen molar-refractivity contribution in [3.8, 4) is 5.75 Å². The summed E-state index contributed by atoms with van der Waals surface area (Å²) in [6.45, 7) is 3.71. The van der Waals surface area contributed by atoms with Crippen LogP contribution in [0.2, 0.25) is 0 Å². The van der Waals surface area contributed by atoms with Crippen molar-refractivity contribution in [3.63, 3.8) is 0 Å². The second-order valence-corrected chi connectivity index (χ2v) is 12.9. The molecule has 1 heterocycles. The van der Waals surface area contributed by atoms with Crippen molar-refractivity contribution in [3.05, 3.63) is 120 Å². The van der Waals surface area contributed by atoms with Crippen molar-refractivity contribution in [2.24, 2.45) is 0 Å². The molecule has 7 nitrogen and oxygen atoms in total. The highest BCUT2D eigenvalue weighted by Gasteiger charge is 2.36. The number of hydrogen-bond acceptors (Lipinski definition) is 5. The SMILES string of the molecule is COc1ccc2c(c1)N(S(=O)(=O)c1ccc(C)cc1)CC=C2N(c1ccccc1)S(=O)(=O)c1ccc(C)cc1. The maximum Gasteiger partial charge on any atom is 0.268 e. The maximum absolute atomic E-state index is 14.1. The molecule has 1 aliphatic rings. The molecule has 0 bridgehead atoms. The molecule has 0 saturated carbocycles. The molecule has 0 aliphatic carbocycles. The van der Waals surface area contributed by atoms with Crippen LogP contribution >= 0.6 is 0 Å². The van der Waals surface area contributed by atoms with E-state index in [4.69, 9.17) is 4.74 Å². The van der Waals surface area contributed by atoms with Gasteiger partial charge in [0.2, 0.25) is 0 Å². The van der Waals surface area contributed by atoms with Crippen LogP contribution in [0.1, 0.15) is 16.7 Å². The van der Waals surface area contributed by atoms with Gasteiger partial charge in [0, 0.05) is 11.6 Å². The molecule has 0 amide bonds. The van der Waals surface area contributed by atoms with Crippen LogP contribution in [0.5, 0.6) is 5.75 Å². The second kappa shape index (κ2) is 10.2. The predicted octanol–water partition coefficient (Wildman–Crippen LogP) is 5.76. The Labute approximate surface area is 229 Å². The Bertz CT molecular complexity index is 1750. The first kappa shape index (κ1) is 26.5. The molecule has 0 spiro atoms. The van der Waals surface area contributed by atoms with Gasteiger partial charge in [-0.3, -0.25) is 4.31 Å². The first-order chi connectivity index (χ1) is 18.6. The third-order valence-corrected chi connectivity index (χ3v) is 10.1. The highest BCUT2D eigenvalue weighted by atomic mass is 32.2. The van der Waals surface area contributed by atoms with Crippen molar-refractivity contribution in [2.75, 3.05) is 22.3 Å². The summed E-state index contributed by atoms with van der Waals surface area (Å²) in [5.41, 5.74) is 3.43. The third kappa shape index (κ3) is 4.91. The number of nitrogens with zero attached hydrogens (tertiary/aromatic N) is 2. The zero-order valence-corrected chi connectivity index (χ0v) is 23.4. The first-order valence-electron chi connectivity index (χ1n) is 12.3. The van der Waals surface area contributed by atoms with E-state index in [1.54, 1.807) is 97.1 Å². The van der Waals surface area contributed by atoms with Crippen molar-refractivity contribution >= 4 is 37.1 Å². The Morgan fingerprint density at radius 3 is 1.92 bits per heavy atom. The Hall–Kier alpha value is -4.08. The van der Waals surface area contributed by atoms with E-state index in [9.17, 15) is 16.8 Å². The Morgan fingerprint density at radius 1 is 0.744 bits per heavy atom. The summed E-state index contributed by atoms with van der Waals surface area (Å²) in [6.07, 6.45) is 1.64. The van der Waals surface area contributed by atoms with Gasteiger partial charge >= 0.3 is 0 Å². The Kier molecular flexibility index (Phi) is 6.96. The van der Waals surface area contributed by atoms with Gasteiger partial charge in [-0.05, 0) is 68.5 Å². The highest BCUT2D eigenvalue weighted by molar-refractivity contribution is 7.93. The molecule has 4 aromatic rings. The summed E-state index contributed by atoms with van der Waals surface area (Å²) in [5, 5.41) is 0. The molecule has 0 unspecified atom stereocenters. The summed E-state index contributed by atoms with van der Waals surface area (Å²) in [4.78, 5) is 0.272. The zero-order valence-electron chi connectivity index (χ0n) is 21.8. The number of sulfonamides is 2. The molecule has 9 heteroatoms. The van der Waals surface area contributed by atoms with Gasteiger partial charge in [-0.25, -0.2) is 21.1 Å². The number of methoxy groups -OCH3 is 1. The lowest BCUT2D eigenvalue weighted by Gasteiger charge is -2.35. The van der Waals surface area contributed by atoms with E-state index in [1.165, 1.54) is 15.7 Å². The molecule has 0 N–H and O–H groups in total. The van der Waals surface area contributed by atoms with E-state index in [0.29, 0.717) is 28.4 Å². The standard InChI is InChI=1S/C30H28N2O5S2/c1-22-9-14-26(15-10-22)38(33,34)31-20-19-29(28-18-13-25(37-3)21-30(28)31)32(24-7-5-4-6-8-24)39(35,36)27-16-11-23(2)12-17-27/h4-19,21H,20H2,1-3H3. The van der Waals surface area contributed by atoms with Gasteiger partial charge in [0.1, 0.15) is 5.75 Å². The Morgan fingerprint density at radius 2 is 1.33 bits per heavy atom. The fourth-order valence-corrected chi connectivity index (χ4v) is 7.42. The molecule has 39 heavy (non-hydrogen) atoms. The van der Waals surface area contributed by atoms with Gasteiger partial charge in [0.15, 0.2) is 0 Å². The number of para-hydroxylation sites is 1. The van der Waals surface area contributed by atoms with Gasteiger partial charge in [-0.2, -0.15) is 0 Å². The number of fused-ring (bicyclic) bond motifs is 1. The predicted molar refractivity (Wildman–Crippen MR) is 154 cm³/mol. The van der Waals surface area contributed by atoms with Crippen molar-refractivity contribution < 1.29 is 21.6 Å². The van der Waals surface area contributed by atoms with Crippen molar-refractivity contribution in [1.82, 2.24) is 0 Å². The summed E-state index contributed by atoms with van der Waals surface area (Å²) in [5.74, 6) is 0.451. The normalized spacial score (nSPS) is 13.4. The summed E-state index contributed by atoms with van der Waals surface area (Å²) >= 11 is 0. The Balaban J connectivity index is 1.70. The van der Waals surface area contributed by atoms with E-state index in [-0.39, 0.29) is 16.3 Å². The van der Waals surface area contributed by atoms with Crippen LogP contribution in [-0.4, -0.2) is 30.5 Å². The fraction of sp³-hybridized carbons (Fsp3) is 0.133. The minimum Gasteiger partial charge on any atom is -0.497 e. The molecule has 1 aliphatic heterocycles. The number of ether oxygens (including phenoxy) is 1. The lowest BCUT2D eigenvalue weighted by molar-refractivity contribution is 0.415. The van der Waals surface area contributed by atoms with E-state index in [0.717, 1.165) is 11.1 Å². The largest absolute Gasteiger partial charge is 0.497 e. The van der Waals surface area contributed by atoms with Crippen LogP contribution in [0.3, 0.4) is 0 Å². The maximum atomic E-state index is 14.1. The summed E-state index contributed by atoms with van der Waals surface area (Å²) < 4.78 is 63.8. The lowest BCUT2D eigenvalue weighted by atomic mass is 10.0. The number of benzene rings is 4. The molecule has 4 aromatic carbocycles. The number of rotatable bonds is 7. The topological polar surface area (TPSA) is 84.0 Å². The molecular weight excluding hydrogens is 532 g/mol. The highest BCUT2D eigenvalue weighted by Crippen LogP contribution is 2.42. The number of anilines is 2. The molecule has 0 saturated heterocycles. The fourth-order valence-electron chi connectivity index (χ4n) is 4.48. The van der Waals surface area contributed by atoms with Crippen LogP contribution in [0, 0.1) is 13.8 Å². The monoisotopic (exact) mass is 560 g/mol. The van der Waals surface area contributed by atoms with Crippen molar-refractivity contribution in [2.45, 2.75) is 23.6 Å². The van der Waals surface area contributed by atoms with E-state index >= 15 is 0 Å². The van der Waals surface area contributed by atoms with Crippen LogP contribution in [0.15, 0.2) is 113 Å². The molecule has 0 aromatic heterocycles. The number of hydrogen-bond donors (Lipinski definition) is 0.